The van der Waals surface area contributed by atoms with Crippen LogP contribution in [0.25, 0.3) is 0 Å². The molecular weight excluding hydrogens is 96.1 g/mol. The van der Waals surface area contributed by atoms with Crippen molar-refractivity contribution in [2.45, 2.75) is 33.1 Å². The maximum absolute atomic E-state index is 3.23. The van der Waals surface area contributed by atoms with E-state index in [2.05, 4.69) is 25.7 Å². The maximum atomic E-state index is 3.23. The van der Waals surface area contributed by atoms with Gasteiger partial charge in [0, 0.05) is 11.8 Å². The van der Waals surface area contributed by atoms with Crippen LogP contribution in [0.1, 0.15) is 33.1 Å². The quantitative estimate of drug-likeness (QED) is 0.452. The van der Waals surface area contributed by atoms with Gasteiger partial charge in [-0.25, -0.2) is 0 Å². The van der Waals surface area contributed by atoms with Gasteiger partial charge in [0.2, 0.25) is 0 Å². The van der Waals surface area contributed by atoms with Crippen LogP contribution < -0.4 is 0 Å². The molecule has 0 fully saturated rings. The lowest BCUT2D eigenvalue weighted by Crippen LogP contribution is -2.07. The van der Waals surface area contributed by atoms with E-state index in [0.29, 0.717) is 5.41 Å². The first-order valence-corrected chi connectivity index (χ1v) is 3.27. The molecule has 0 saturated carbocycles. The molecule has 1 rings (SSSR count). The van der Waals surface area contributed by atoms with Gasteiger partial charge in [-0.2, -0.15) is 0 Å². The Kier molecular flexibility index (Phi) is 1.29. The molecule has 0 N–H and O–H groups in total. The van der Waals surface area contributed by atoms with Gasteiger partial charge in [-0.3, -0.25) is 0 Å². The van der Waals surface area contributed by atoms with E-state index in [9.17, 15) is 0 Å². The minimum atomic E-state index is 0.375. The lowest BCUT2D eigenvalue weighted by atomic mass is 9.88. The second kappa shape index (κ2) is 1.82. The molecule has 0 amide bonds. The fourth-order valence-electron chi connectivity index (χ4n) is 0.942. The van der Waals surface area contributed by atoms with Crippen molar-refractivity contribution in [1.29, 1.82) is 0 Å². The second-order valence-electron chi connectivity index (χ2n) is 2.72. The minimum absolute atomic E-state index is 0.375. The van der Waals surface area contributed by atoms with Crippen molar-refractivity contribution in [3.63, 3.8) is 0 Å². The van der Waals surface area contributed by atoms with Crippen LogP contribution in [0.2, 0.25) is 0 Å². The van der Waals surface area contributed by atoms with Crippen molar-refractivity contribution >= 4 is 0 Å². The molecule has 0 aromatic heterocycles. The Hall–Kier alpha value is -0.440. The zero-order valence-electron chi connectivity index (χ0n) is 5.62. The van der Waals surface area contributed by atoms with Gasteiger partial charge in [0.15, 0.2) is 0 Å². The normalized spacial score (nSPS) is 34.2. The molecule has 0 saturated heterocycles. The van der Waals surface area contributed by atoms with Crippen LogP contribution in [0, 0.1) is 17.3 Å². The highest BCUT2D eigenvalue weighted by Gasteiger charge is 2.20. The molecule has 0 radical (unpaired) electrons. The molecule has 0 spiro atoms. The molecule has 1 atom stereocenters. The van der Waals surface area contributed by atoms with Gasteiger partial charge in [-0.05, 0) is 19.8 Å². The fourth-order valence-corrected chi connectivity index (χ4v) is 0.942. The van der Waals surface area contributed by atoms with Crippen LogP contribution in [0.5, 0.6) is 0 Å². The number of rotatable bonds is 1. The van der Waals surface area contributed by atoms with Gasteiger partial charge in [-0.1, -0.05) is 12.8 Å². The van der Waals surface area contributed by atoms with E-state index < -0.39 is 0 Å². The van der Waals surface area contributed by atoms with E-state index in [0.717, 1.165) is 6.42 Å². The molecular formula is C8H12. The molecule has 0 heterocycles. The van der Waals surface area contributed by atoms with E-state index in [1.807, 2.05) is 0 Å². The third-order valence-corrected chi connectivity index (χ3v) is 1.97. The van der Waals surface area contributed by atoms with Crippen molar-refractivity contribution in [2.24, 2.45) is 5.41 Å². The highest BCUT2D eigenvalue weighted by molar-refractivity contribution is 5.16. The van der Waals surface area contributed by atoms with Crippen LogP contribution in [0.15, 0.2) is 0 Å². The Morgan fingerprint density at radius 3 is 2.62 bits per heavy atom. The predicted molar refractivity (Wildman–Crippen MR) is 35.4 cm³/mol. The molecule has 8 heavy (non-hydrogen) atoms. The van der Waals surface area contributed by atoms with E-state index >= 15 is 0 Å². The Bertz CT molecular complexity index is 136. The molecule has 0 aromatic carbocycles. The van der Waals surface area contributed by atoms with Crippen LogP contribution in [-0.4, -0.2) is 0 Å². The van der Waals surface area contributed by atoms with E-state index in [1.165, 1.54) is 12.8 Å². The average molecular weight is 108 g/mol. The largest absolute Gasteiger partial charge is 0.103 e. The van der Waals surface area contributed by atoms with Crippen molar-refractivity contribution in [1.82, 2.24) is 0 Å². The summed E-state index contributed by atoms with van der Waals surface area (Å²) in [6.07, 6.45) is 3.58. The van der Waals surface area contributed by atoms with Crippen LogP contribution >= 0.6 is 0 Å². The summed E-state index contributed by atoms with van der Waals surface area (Å²) >= 11 is 0. The second-order valence-corrected chi connectivity index (χ2v) is 2.72. The van der Waals surface area contributed by atoms with Gasteiger partial charge >= 0.3 is 0 Å². The third-order valence-electron chi connectivity index (χ3n) is 1.97. The molecule has 0 bridgehead atoms. The van der Waals surface area contributed by atoms with Gasteiger partial charge in [0.1, 0.15) is 0 Å². The van der Waals surface area contributed by atoms with E-state index in [4.69, 9.17) is 0 Å². The Balaban J connectivity index is 2.59. The van der Waals surface area contributed by atoms with Crippen molar-refractivity contribution in [3.05, 3.63) is 0 Å². The number of hydrogen-bond donors (Lipinski definition) is 0. The molecule has 0 aromatic rings. The third kappa shape index (κ3) is 0.865. The average Bonchev–Trinajstić information content (AvgIpc) is 2.17. The molecule has 0 nitrogen and oxygen atoms in total. The lowest BCUT2D eigenvalue weighted by Gasteiger charge is -2.15. The molecule has 0 aliphatic heterocycles. The summed E-state index contributed by atoms with van der Waals surface area (Å²) in [6.45, 7) is 4.45. The van der Waals surface area contributed by atoms with Crippen molar-refractivity contribution < 1.29 is 0 Å². The van der Waals surface area contributed by atoms with Crippen LogP contribution in [0.3, 0.4) is 0 Å². The lowest BCUT2D eigenvalue weighted by molar-refractivity contribution is 0.417. The monoisotopic (exact) mass is 108 g/mol. The topological polar surface area (TPSA) is 0 Å². The SMILES string of the molecule is CCC1(C)C#CCC1. The van der Waals surface area contributed by atoms with Gasteiger partial charge < -0.3 is 0 Å². The van der Waals surface area contributed by atoms with E-state index in [1.54, 1.807) is 0 Å². The molecule has 1 unspecified atom stereocenters. The maximum Gasteiger partial charge on any atom is 0.0293 e. The smallest absolute Gasteiger partial charge is 0.0293 e. The van der Waals surface area contributed by atoms with E-state index in [-0.39, 0.29) is 0 Å². The summed E-state index contributed by atoms with van der Waals surface area (Å²) in [5.41, 5.74) is 0.375. The van der Waals surface area contributed by atoms with Gasteiger partial charge in [-0.15, -0.1) is 5.92 Å². The Labute approximate surface area is 51.3 Å². The summed E-state index contributed by atoms with van der Waals surface area (Å²) in [7, 11) is 0. The highest BCUT2D eigenvalue weighted by Crippen LogP contribution is 2.29. The molecule has 0 heteroatoms. The zero-order chi connectivity index (χ0) is 6.04. The van der Waals surface area contributed by atoms with Crippen LogP contribution in [-0.2, 0) is 0 Å². The Morgan fingerprint density at radius 1 is 1.62 bits per heavy atom. The summed E-state index contributed by atoms with van der Waals surface area (Å²) in [5.74, 6) is 6.35. The van der Waals surface area contributed by atoms with Crippen molar-refractivity contribution in [2.75, 3.05) is 0 Å². The van der Waals surface area contributed by atoms with Crippen LogP contribution in [0.4, 0.5) is 0 Å². The standard InChI is InChI=1S/C8H12/c1-3-8(2)6-4-5-7-8/h3-4,6H2,1-2H3. The first-order valence-electron chi connectivity index (χ1n) is 3.27. The first-order chi connectivity index (χ1) is 3.77. The minimum Gasteiger partial charge on any atom is -0.103 e. The molecule has 1 aliphatic rings. The summed E-state index contributed by atoms with van der Waals surface area (Å²) < 4.78 is 0. The number of hydrogen-bond acceptors (Lipinski definition) is 0. The fraction of sp³-hybridized carbons (Fsp3) is 0.750. The summed E-state index contributed by atoms with van der Waals surface area (Å²) in [6, 6.07) is 0. The first kappa shape index (κ1) is 5.69. The van der Waals surface area contributed by atoms with Gasteiger partial charge in [0.05, 0.1) is 0 Å². The van der Waals surface area contributed by atoms with Crippen molar-refractivity contribution in [3.8, 4) is 11.8 Å². The predicted octanol–water partition coefficient (Wildman–Crippen LogP) is 2.20. The van der Waals surface area contributed by atoms with Gasteiger partial charge in [0.25, 0.3) is 0 Å². The molecule has 1 aliphatic carbocycles. The molecule has 44 valence electrons. The zero-order valence-corrected chi connectivity index (χ0v) is 5.62. The summed E-state index contributed by atoms with van der Waals surface area (Å²) in [5, 5.41) is 0. The Morgan fingerprint density at radius 2 is 2.38 bits per heavy atom. The highest BCUT2D eigenvalue weighted by atomic mass is 14.2. The summed E-state index contributed by atoms with van der Waals surface area (Å²) in [4.78, 5) is 0.